The van der Waals surface area contributed by atoms with Gasteiger partial charge in [0.2, 0.25) is 0 Å². The van der Waals surface area contributed by atoms with E-state index in [1.165, 1.54) is 11.3 Å². The number of halogens is 4. The van der Waals surface area contributed by atoms with Crippen molar-refractivity contribution in [2.75, 3.05) is 6.73 Å². The Morgan fingerprint density at radius 2 is 1.96 bits per heavy atom. The van der Waals surface area contributed by atoms with Gasteiger partial charge in [-0.05, 0) is 35.7 Å². The summed E-state index contributed by atoms with van der Waals surface area (Å²) >= 11 is 7.27. The van der Waals surface area contributed by atoms with Gasteiger partial charge in [0, 0.05) is 5.56 Å². The second kappa shape index (κ2) is 5.86. The number of nitrogens with zero attached hydrogens (tertiary/aromatic N) is 2. The Kier molecular flexibility index (Phi) is 4.03. The maximum Gasteiger partial charge on any atom is 0.416 e. The highest BCUT2D eigenvalue weighted by Crippen LogP contribution is 2.30. The number of ether oxygens (including phenoxy) is 1. The lowest BCUT2D eigenvalue weighted by Gasteiger charge is -2.10. The molecule has 0 N–H and O–H groups in total. The molecule has 0 saturated heterocycles. The first-order valence-corrected chi connectivity index (χ1v) is 7.56. The minimum Gasteiger partial charge on any atom is -0.452 e. The van der Waals surface area contributed by atoms with Crippen LogP contribution in [0.4, 0.5) is 13.2 Å². The highest BCUT2D eigenvalue weighted by molar-refractivity contribution is 7.12. The Balaban J connectivity index is 1.79. The molecule has 23 heavy (non-hydrogen) atoms. The van der Waals surface area contributed by atoms with Gasteiger partial charge in [0.25, 0.3) is 11.8 Å². The van der Waals surface area contributed by atoms with E-state index in [0.29, 0.717) is 9.90 Å². The molecule has 120 valence electrons. The molecule has 1 aliphatic rings. The molecular formula is C14H8ClF3N2O2S. The Morgan fingerprint density at radius 1 is 1.26 bits per heavy atom. The molecule has 0 spiro atoms. The summed E-state index contributed by atoms with van der Waals surface area (Å²) in [5.74, 6) is -0.341. The highest BCUT2D eigenvalue weighted by atomic mass is 35.5. The van der Waals surface area contributed by atoms with Crippen LogP contribution in [0.3, 0.4) is 0 Å². The molecule has 9 heteroatoms. The molecule has 0 fully saturated rings. The van der Waals surface area contributed by atoms with Gasteiger partial charge in [0.1, 0.15) is 4.88 Å². The van der Waals surface area contributed by atoms with E-state index in [0.717, 1.165) is 29.3 Å². The van der Waals surface area contributed by atoms with Crippen molar-refractivity contribution in [1.82, 2.24) is 5.01 Å². The van der Waals surface area contributed by atoms with Crippen LogP contribution in [-0.4, -0.2) is 23.5 Å². The van der Waals surface area contributed by atoms with Crippen LogP contribution < -0.4 is 0 Å². The van der Waals surface area contributed by atoms with Gasteiger partial charge in [-0.2, -0.15) is 18.2 Å². The van der Waals surface area contributed by atoms with Crippen LogP contribution in [0.2, 0.25) is 5.02 Å². The molecule has 1 aromatic carbocycles. The molecule has 0 bridgehead atoms. The quantitative estimate of drug-likeness (QED) is 0.805. The number of rotatable bonds is 2. The average Bonchev–Trinajstić information content (AvgIpc) is 3.14. The summed E-state index contributed by atoms with van der Waals surface area (Å²) in [5, 5.41) is 7.27. The van der Waals surface area contributed by atoms with E-state index in [4.69, 9.17) is 16.3 Å². The lowest BCUT2D eigenvalue weighted by molar-refractivity contribution is -0.137. The van der Waals surface area contributed by atoms with Gasteiger partial charge in [-0.15, -0.1) is 16.4 Å². The lowest BCUT2D eigenvalue weighted by Crippen LogP contribution is -2.24. The zero-order chi connectivity index (χ0) is 16.6. The third-order valence-electron chi connectivity index (χ3n) is 3.04. The van der Waals surface area contributed by atoms with Gasteiger partial charge >= 0.3 is 6.18 Å². The third-order valence-corrected chi connectivity index (χ3v) is 4.37. The topological polar surface area (TPSA) is 41.9 Å². The first-order valence-electron chi connectivity index (χ1n) is 6.30. The molecule has 1 aromatic heterocycles. The number of hydrogen-bond donors (Lipinski definition) is 0. The molecule has 0 radical (unpaired) electrons. The highest BCUT2D eigenvalue weighted by Gasteiger charge is 2.31. The Labute approximate surface area is 137 Å². The zero-order valence-corrected chi connectivity index (χ0v) is 12.9. The molecule has 3 rings (SSSR count). The number of hydrazone groups is 1. The molecule has 0 unspecified atom stereocenters. The van der Waals surface area contributed by atoms with E-state index in [2.05, 4.69) is 5.10 Å². The SMILES string of the molecule is O=C(c1ccc(C(F)(F)F)cc1)N1COC(c2sccc2Cl)=N1. The van der Waals surface area contributed by atoms with Crippen molar-refractivity contribution in [3.05, 3.63) is 56.7 Å². The smallest absolute Gasteiger partial charge is 0.416 e. The minimum absolute atomic E-state index is 0.0869. The average molecular weight is 361 g/mol. The van der Waals surface area contributed by atoms with Crippen LogP contribution in [0.5, 0.6) is 0 Å². The predicted molar refractivity (Wildman–Crippen MR) is 79.4 cm³/mol. The van der Waals surface area contributed by atoms with E-state index in [9.17, 15) is 18.0 Å². The summed E-state index contributed by atoms with van der Waals surface area (Å²) < 4.78 is 42.9. The molecule has 2 aromatic rings. The van der Waals surface area contributed by atoms with Gasteiger partial charge in [-0.25, -0.2) is 0 Å². The largest absolute Gasteiger partial charge is 0.452 e. The fraction of sp³-hybridized carbons (Fsp3) is 0.143. The van der Waals surface area contributed by atoms with Crippen molar-refractivity contribution in [3.8, 4) is 0 Å². The van der Waals surface area contributed by atoms with Gasteiger partial charge in [0.05, 0.1) is 10.6 Å². The van der Waals surface area contributed by atoms with E-state index in [-0.39, 0.29) is 18.2 Å². The maximum atomic E-state index is 12.5. The van der Waals surface area contributed by atoms with Crippen molar-refractivity contribution in [1.29, 1.82) is 0 Å². The van der Waals surface area contributed by atoms with Gasteiger partial charge < -0.3 is 4.74 Å². The molecule has 0 atom stereocenters. The number of thiophene rings is 1. The van der Waals surface area contributed by atoms with Crippen LogP contribution in [0.25, 0.3) is 0 Å². The molecule has 1 aliphatic heterocycles. The van der Waals surface area contributed by atoms with Crippen LogP contribution >= 0.6 is 22.9 Å². The lowest BCUT2D eigenvalue weighted by atomic mass is 10.1. The van der Waals surface area contributed by atoms with Gasteiger partial charge in [0.15, 0.2) is 6.73 Å². The summed E-state index contributed by atoms with van der Waals surface area (Å²) in [6.45, 7) is -0.122. The first-order chi connectivity index (χ1) is 10.9. The number of amides is 1. The van der Waals surface area contributed by atoms with Crippen molar-refractivity contribution in [3.63, 3.8) is 0 Å². The Bertz CT molecular complexity index is 771. The fourth-order valence-electron chi connectivity index (χ4n) is 1.90. The number of benzene rings is 1. The van der Waals surface area contributed by atoms with E-state index >= 15 is 0 Å². The van der Waals surface area contributed by atoms with Crippen molar-refractivity contribution in [2.24, 2.45) is 5.10 Å². The zero-order valence-electron chi connectivity index (χ0n) is 11.3. The molecule has 2 heterocycles. The summed E-state index contributed by atoms with van der Waals surface area (Å²) in [4.78, 5) is 12.8. The molecule has 1 amide bonds. The number of carbonyl (C=O) groups excluding carboxylic acids is 1. The van der Waals surface area contributed by atoms with E-state index < -0.39 is 17.6 Å². The molecule has 0 aliphatic carbocycles. The van der Waals surface area contributed by atoms with Crippen molar-refractivity contribution < 1.29 is 22.7 Å². The van der Waals surface area contributed by atoms with E-state index in [1.54, 1.807) is 11.4 Å². The van der Waals surface area contributed by atoms with Crippen molar-refractivity contribution in [2.45, 2.75) is 6.18 Å². The summed E-state index contributed by atoms with van der Waals surface area (Å²) in [5.41, 5.74) is -0.731. The van der Waals surface area contributed by atoms with Crippen LogP contribution in [0, 0.1) is 0 Å². The predicted octanol–water partition coefficient (Wildman–Crippen LogP) is 4.21. The van der Waals surface area contributed by atoms with E-state index in [1.807, 2.05) is 0 Å². The second-order valence-corrected chi connectivity index (χ2v) is 5.88. The Hall–Kier alpha value is -2.06. The van der Waals surface area contributed by atoms with Crippen LogP contribution in [-0.2, 0) is 10.9 Å². The maximum absolute atomic E-state index is 12.5. The minimum atomic E-state index is -4.44. The van der Waals surface area contributed by atoms with Crippen molar-refractivity contribution >= 4 is 34.7 Å². The number of hydrogen-bond acceptors (Lipinski definition) is 4. The van der Waals surface area contributed by atoms with Crippen LogP contribution in [0.15, 0.2) is 40.8 Å². The first kappa shape index (κ1) is 15.8. The normalized spacial score (nSPS) is 14.6. The van der Waals surface area contributed by atoms with Gasteiger partial charge in [-0.3, -0.25) is 4.79 Å². The summed E-state index contributed by atoms with van der Waals surface area (Å²) in [6, 6.07) is 5.59. The molecular weight excluding hydrogens is 353 g/mol. The fourth-order valence-corrected chi connectivity index (χ4v) is 2.98. The molecule has 4 nitrogen and oxygen atoms in total. The third kappa shape index (κ3) is 3.18. The number of carbonyl (C=O) groups is 1. The standard InChI is InChI=1S/C14H8ClF3N2O2S/c15-10-5-6-23-11(10)12-19-20(7-22-12)13(21)8-1-3-9(4-2-8)14(16,17)18/h1-6H,7H2. The molecule has 0 saturated carbocycles. The van der Waals surface area contributed by atoms with Gasteiger partial charge in [-0.1, -0.05) is 11.6 Å². The monoisotopic (exact) mass is 360 g/mol. The Morgan fingerprint density at radius 3 is 2.52 bits per heavy atom. The second-order valence-electron chi connectivity index (χ2n) is 4.56. The summed E-state index contributed by atoms with van der Waals surface area (Å²) in [7, 11) is 0. The number of alkyl halides is 3. The summed E-state index contributed by atoms with van der Waals surface area (Å²) in [6.07, 6.45) is -4.44. The van der Waals surface area contributed by atoms with Crippen LogP contribution in [0.1, 0.15) is 20.8 Å².